The molecular weight excluding hydrogens is 234 g/mol. The molecule has 0 N–H and O–H groups in total. The average Bonchev–Trinajstić information content (AvgIpc) is 3.05. The second kappa shape index (κ2) is 3.99. The molecule has 0 fully saturated rings. The van der Waals surface area contributed by atoms with Crippen molar-refractivity contribution in [3.8, 4) is 11.6 Å². The zero-order chi connectivity index (χ0) is 12.5. The first-order chi connectivity index (χ1) is 8.79. The van der Waals surface area contributed by atoms with Crippen molar-refractivity contribution in [2.45, 2.75) is 0 Å². The zero-order valence-electron chi connectivity index (χ0n) is 9.53. The van der Waals surface area contributed by atoms with E-state index in [9.17, 15) is 4.79 Å². The van der Waals surface area contributed by atoms with Crippen LogP contribution in [-0.4, -0.2) is 27.7 Å². The molecule has 6 nitrogen and oxygen atoms in total. The molecule has 90 valence electrons. The Morgan fingerprint density at radius 1 is 1.39 bits per heavy atom. The number of pyridine rings is 1. The van der Waals surface area contributed by atoms with E-state index in [2.05, 4.69) is 14.9 Å². The number of methoxy groups -OCH3 is 1. The zero-order valence-corrected chi connectivity index (χ0v) is 9.53. The number of carbonyl (C=O) groups is 1. The van der Waals surface area contributed by atoms with Gasteiger partial charge in [-0.15, -0.1) is 10.2 Å². The van der Waals surface area contributed by atoms with Gasteiger partial charge in [-0.05, 0) is 24.3 Å². The molecule has 0 aromatic carbocycles. The SMILES string of the molecule is COC(=O)c1ccn2c(-c3ccco3)nnc2c1. The van der Waals surface area contributed by atoms with Crippen molar-refractivity contribution in [3.05, 3.63) is 42.3 Å². The summed E-state index contributed by atoms with van der Waals surface area (Å²) in [5.41, 5.74) is 0.993. The summed E-state index contributed by atoms with van der Waals surface area (Å²) >= 11 is 0. The van der Waals surface area contributed by atoms with Gasteiger partial charge in [0.1, 0.15) is 0 Å². The molecule has 0 atom stereocenters. The maximum absolute atomic E-state index is 11.4. The van der Waals surface area contributed by atoms with Crippen LogP contribution < -0.4 is 0 Å². The van der Waals surface area contributed by atoms with Gasteiger partial charge < -0.3 is 9.15 Å². The second-order valence-corrected chi connectivity index (χ2v) is 3.64. The van der Waals surface area contributed by atoms with E-state index in [0.717, 1.165) is 0 Å². The molecule has 3 aromatic rings. The van der Waals surface area contributed by atoms with Crippen LogP contribution in [0.25, 0.3) is 17.2 Å². The number of furan rings is 1. The third kappa shape index (κ3) is 1.55. The van der Waals surface area contributed by atoms with Crippen LogP contribution in [0.3, 0.4) is 0 Å². The first kappa shape index (κ1) is 10.5. The molecule has 0 aliphatic carbocycles. The maximum Gasteiger partial charge on any atom is 0.338 e. The summed E-state index contributed by atoms with van der Waals surface area (Å²) in [6.07, 6.45) is 3.28. The van der Waals surface area contributed by atoms with Crippen molar-refractivity contribution >= 4 is 11.6 Å². The highest BCUT2D eigenvalue weighted by molar-refractivity contribution is 5.90. The summed E-state index contributed by atoms with van der Waals surface area (Å²) in [6, 6.07) is 6.84. The van der Waals surface area contributed by atoms with Crippen molar-refractivity contribution in [3.63, 3.8) is 0 Å². The predicted octanol–water partition coefficient (Wildman–Crippen LogP) is 1.78. The van der Waals surface area contributed by atoms with Gasteiger partial charge in [0.2, 0.25) is 5.82 Å². The monoisotopic (exact) mass is 243 g/mol. The molecule has 0 saturated carbocycles. The fourth-order valence-electron chi connectivity index (χ4n) is 1.71. The number of fused-ring (bicyclic) bond motifs is 1. The summed E-state index contributed by atoms with van der Waals surface area (Å²) in [5.74, 6) is 0.805. The Hall–Kier alpha value is -2.63. The smallest absolute Gasteiger partial charge is 0.338 e. The Kier molecular flexibility index (Phi) is 2.33. The molecular formula is C12H9N3O3. The van der Waals surface area contributed by atoms with Crippen LogP contribution in [-0.2, 0) is 4.74 Å². The molecule has 0 spiro atoms. The van der Waals surface area contributed by atoms with Crippen molar-refractivity contribution < 1.29 is 13.9 Å². The van der Waals surface area contributed by atoms with Gasteiger partial charge in [-0.1, -0.05) is 0 Å². The van der Waals surface area contributed by atoms with Gasteiger partial charge in [-0.25, -0.2) is 4.79 Å². The van der Waals surface area contributed by atoms with E-state index < -0.39 is 5.97 Å². The van der Waals surface area contributed by atoms with E-state index in [0.29, 0.717) is 22.8 Å². The number of nitrogens with zero attached hydrogens (tertiary/aromatic N) is 3. The Balaban J connectivity index is 2.14. The van der Waals surface area contributed by atoms with E-state index in [1.54, 1.807) is 41.1 Å². The number of rotatable bonds is 2. The quantitative estimate of drug-likeness (QED) is 0.641. The number of esters is 1. The Bertz CT molecular complexity index is 701. The van der Waals surface area contributed by atoms with Crippen LogP contribution in [0.15, 0.2) is 41.1 Å². The minimum Gasteiger partial charge on any atom is -0.465 e. The molecule has 0 unspecified atom stereocenters. The van der Waals surface area contributed by atoms with Crippen molar-refractivity contribution in [2.75, 3.05) is 7.11 Å². The molecule has 3 aromatic heterocycles. The molecule has 0 saturated heterocycles. The minimum atomic E-state index is -0.403. The standard InChI is InChI=1S/C12H9N3O3/c1-17-12(16)8-4-5-15-10(7-8)13-14-11(15)9-3-2-6-18-9/h2-7H,1H3. The van der Waals surface area contributed by atoms with Gasteiger partial charge in [-0.2, -0.15) is 0 Å². The Morgan fingerprint density at radius 3 is 3.00 bits per heavy atom. The largest absolute Gasteiger partial charge is 0.465 e. The number of carbonyl (C=O) groups excluding carboxylic acids is 1. The maximum atomic E-state index is 11.4. The van der Waals surface area contributed by atoms with Crippen LogP contribution in [0.2, 0.25) is 0 Å². The van der Waals surface area contributed by atoms with E-state index in [1.807, 2.05) is 0 Å². The highest BCUT2D eigenvalue weighted by Crippen LogP contribution is 2.19. The van der Waals surface area contributed by atoms with Gasteiger partial charge in [0.05, 0.1) is 18.9 Å². The van der Waals surface area contributed by atoms with Crippen LogP contribution in [0, 0.1) is 0 Å². The summed E-state index contributed by atoms with van der Waals surface area (Å²) < 4.78 is 11.7. The van der Waals surface area contributed by atoms with Crippen LogP contribution in [0.4, 0.5) is 0 Å². The van der Waals surface area contributed by atoms with Crippen molar-refractivity contribution in [1.29, 1.82) is 0 Å². The lowest BCUT2D eigenvalue weighted by Gasteiger charge is -2.00. The lowest BCUT2D eigenvalue weighted by atomic mass is 10.2. The van der Waals surface area contributed by atoms with Gasteiger partial charge in [0.25, 0.3) is 0 Å². The molecule has 3 rings (SSSR count). The van der Waals surface area contributed by atoms with Gasteiger partial charge in [0, 0.05) is 6.20 Å². The molecule has 18 heavy (non-hydrogen) atoms. The van der Waals surface area contributed by atoms with E-state index >= 15 is 0 Å². The van der Waals surface area contributed by atoms with Gasteiger partial charge in [0.15, 0.2) is 11.4 Å². The topological polar surface area (TPSA) is 69.6 Å². The van der Waals surface area contributed by atoms with E-state index in [-0.39, 0.29) is 0 Å². The van der Waals surface area contributed by atoms with Crippen LogP contribution in [0.1, 0.15) is 10.4 Å². The minimum absolute atomic E-state index is 0.403. The number of hydrogen-bond donors (Lipinski definition) is 0. The van der Waals surface area contributed by atoms with Crippen LogP contribution in [0.5, 0.6) is 0 Å². The molecule has 6 heteroatoms. The molecule has 3 heterocycles. The van der Waals surface area contributed by atoms with E-state index in [1.165, 1.54) is 7.11 Å². The summed E-state index contributed by atoms with van der Waals surface area (Å²) in [4.78, 5) is 11.4. The van der Waals surface area contributed by atoms with Crippen LogP contribution >= 0.6 is 0 Å². The van der Waals surface area contributed by atoms with Gasteiger partial charge in [-0.3, -0.25) is 4.40 Å². The fourth-order valence-corrected chi connectivity index (χ4v) is 1.71. The van der Waals surface area contributed by atoms with Crippen molar-refractivity contribution in [2.24, 2.45) is 0 Å². The number of ether oxygens (including phenoxy) is 1. The third-order valence-electron chi connectivity index (χ3n) is 2.57. The number of aromatic nitrogens is 3. The molecule has 0 radical (unpaired) electrons. The normalized spacial score (nSPS) is 10.7. The summed E-state index contributed by atoms with van der Waals surface area (Å²) in [7, 11) is 1.34. The highest BCUT2D eigenvalue weighted by Gasteiger charge is 2.12. The second-order valence-electron chi connectivity index (χ2n) is 3.64. The van der Waals surface area contributed by atoms with Gasteiger partial charge >= 0.3 is 5.97 Å². The first-order valence-corrected chi connectivity index (χ1v) is 5.26. The molecule has 0 aliphatic heterocycles. The lowest BCUT2D eigenvalue weighted by molar-refractivity contribution is 0.0600. The Labute approximate surface area is 102 Å². The highest BCUT2D eigenvalue weighted by atomic mass is 16.5. The molecule has 0 amide bonds. The summed E-state index contributed by atoms with van der Waals surface area (Å²) in [6.45, 7) is 0. The first-order valence-electron chi connectivity index (χ1n) is 5.26. The number of hydrogen-bond acceptors (Lipinski definition) is 5. The fraction of sp³-hybridized carbons (Fsp3) is 0.0833. The van der Waals surface area contributed by atoms with Crippen molar-refractivity contribution in [1.82, 2.24) is 14.6 Å². The molecule has 0 aliphatic rings. The summed E-state index contributed by atoms with van der Waals surface area (Å²) in [5, 5.41) is 8.03. The lowest BCUT2D eigenvalue weighted by Crippen LogP contribution is -2.02. The Morgan fingerprint density at radius 2 is 2.28 bits per heavy atom. The van der Waals surface area contributed by atoms with E-state index in [4.69, 9.17) is 4.42 Å². The third-order valence-corrected chi connectivity index (χ3v) is 2.57. The molecule has 0 bridgehead atoms. The average molecular weight is 243 g/mol. The predicted molar refractivity (Wildman–Crippen MR) is 62.0 cm³/mol.